The standard InChI is InChI=1S/C16H11Cl3N2O2.Li.H/c17-9-1-4-11(5-2-9)21-8-14(16(22)23)20-15(21)12-6-3-10(18)7-13(12)19;;/h1-7,14H,8H2,(H,22,23);;. The first-order valence-electron chi connectivity index (χ1n) is 6.75. The Hall–Kier alpha value is -1.15. The number of carbonyl (C=O) groups is 1. The Labute approximate surface area is 166 Å². The molecule has 0 fully saturated rings. The van der Waals surface area contributed by atoms with Gasteiger partial charge in [0.05, 0.1) is 11.6 Å². The second-order valence-corrected chi connectivity index (χ2v) is 6.30. The molecular weight excluding hydrogens is 365 g/mol. The van der Waals surface area contributed by atoms with Crippen LogP contribution in [-0.2, 0) is 4.79 Å². The maximum absolute atomic E-state index is 11.3. The molecule has 120 valence electrons. The van der Waals surface area contributed by atoms with Gasteiger partial charge in [-0.1, -0.05) is 34.8 Å². The molecule has 0 bridgehead atoms. The molecule has 1 heterocycles. The molecule has 1 unspecified atom stereocenters. The molecule has 24 heavy (non-hydrogen) atoms. The van der Waals surface area contributed by atoms with Crippen LogP contribution in [-0.4, -0.2) is 48.4 Å². The number of rotatable bonds is 3. The summed E-state index contributed by atoms with van der Waals surface area (Å²) < 4.78 is 0. The van der Waals surface area contributed by atoms with E-state index in [2.05, 4.69) is 4.99 Å². The Morgan fingerprint density at radius 2 is 1.71 bits per heavy atom. The van der Waals surface area contributed by atoms with Gasteiger partial charge in [-0.3, -0.25) is 4.99 Å². The number of hydrogen-bond donors (Lipinski definition) is 1. The normalized spacial score (nSPS) is 16.5. The fourth-order valence-electron chi connectivity index (χ4n) is 2.39. The third kappa shape index (κ3) is 3.91. The van der Waals surface area contributed by atoms with E-state index in [1.807, 2.05) is 17.0 Å². The maximum atomic E-state index is 11.3. The SMILES string of the molecule is O=C(O)C1CN(c2ccc(Cl)cc2)C(c2ccc(Cl)cc2Cl)=N1.[LiH]. The van der Waals surface area contributed by atoms with Crippen molar-refractivity contribution >= 4 is 71.2 Å². The van der Waals surface area contributed by atoms with Crippen LogP contribution in [0.15, 0.2) is 47.5 Å². The van der Waals surface area contributed by atoms with Crippen LogP contribution in [0, 0.1) is 0 Å². The van der Waals surface area contributed by atoms with Crippen LogP contribution in [0.2, 0.25) is 15.1 Å². The van der Waals surface area contributed by atoms with Crippen molar-refractivity contribution in [1.29, 1.82) is 0 Å². The van der Waals surface area contributed by atoms with E-state index in [9.17, 15) is 9.90 Å². The van der Waals surface area contributed by atoms with Gasteiger partial charge in [-0.15, -0.1) is 0 Å². The van der Waals surface area contributed by atoms with Crippen LogP contribution in [0.5, 0.6) is 0 Å². The minimum atomic E-state index is -0.982. The molecule has 2 aromatic carbocycles. The molecule has 0 aliphatic carbocycles. The average molecular weight is 378 g/mol. The summed E-state index contributed by atoms with van der Waals surface area (Å²) >= 11 is 18.1. The molecule has 0 radical (unpaired) electrons. The molecule has 0 aromatic heterocycles. The fourth-order valence-corrected chi connectivity index (χ4v) is 3.00. The van der Waals surface area contributed by atoms with Gasteiger partial charge in [0.1, 0.15) is 5.84 Å². The van der Waals surface area contributed by atoms with Crippen molar-refractivity contribution in [2.45, 2.75) is 6.04 Å². The van der Waals surface area contributed by atoms with Gasteiger partial charge in [0.2, 0.25) is 0 Å². The van der Waals surface area contributed by atoms with E-state index < -0.39 is 12.0 Å². The van der Waals surface area contributed by atoms with E-state index in [-0.39, 0.29) is 25.4 Å². The minimum absolute atomic E-state index is 0. The van der Waals surface area contributed by atoms with Gasteiger partial charge in [0.15, 0.2) is 6.04 Å². The fraction of sp³-hybridized carbons (Fsp3) is 0.125. The first-order valence-corrected chi connectivity index (χ1v) is 7.88. The van der Waals surface area contributed by atoms with Crippen molar-refractivity contribution in [3.63, 3.8) is 0 Å². The summed E-state index contributed by atoms with van der Waals surface area (Å²) in [5, 5.41) is 10.8. The van der Waals surface area contributed by atoms with Crippen LogP contribution >= 0.6 is 34.8 Å². The Morgan fingerprint density at radius 3 is 2.29 bits per heavy atom. The summed E-state index contributed by atoms with van der Waals surface area (Å²) in [6.07, 6.45) is 0. The molecule has 1 aliphatic heterocycles. The first kappa shape index (κ1) is 19.2. The Bertz CT molecular complexity index is 796. The van der Waals surface area contributed by atoms with E-state index >= 15 is 0 Å². The second kappa shape index (κ2) is 7.82. The van der Waals surface area contributed by atoms with Gasteiger partial charge in [0.25, 0.3) is 0 Å². The zero-order valence-corrected chi connectivity index (χ0v) is 14.0. The van der Waals surface area contributed by atoms with E-state index in [4.69, 9.17) is 34.8 Å². The molecule has 2 aromatic rings. The molecule has 1 atom stereocenters. The number of hydrogen-bond acceptors (Lipinski definition) is 3. The van der Waals surface area contributed by atoms with Crippen LogP contribution in [0.1, 0.15) is 5.56 Å². The third-order valence-electron chi connectivity index (χ3n) is 3.48. The predicted molar refractivity (Wildman–Crippen MR) is 100 cm³/mol. The zero-order chi connectivity index (χ0) is 16.6. The molecule has 0 saturated carbocycles. The van der Waals surface area contributed by atoms with E-state index in [0.717, 1.165) is 5.69 Å². The number of amidine groups is 1. The molecule has 1 aliphatic rings. The summed E-state index contributed by atoms with van der Waals surface area (Å²) in [5.41, 5.74) is 1.43. The monoisotopic (exact) mass is 376 g/mol. The molecule has 0 amide bonds. The Morgan fingerprint density at radius 1 is 1.08 bits per heavy atom. The van der Waals surface area contributed by atoms with Gasteiger partial charge >= 0.3 is 24.8 Å². The predicted octanol–water partition coefficient (Wildman–Crippen LogP) is 3.72. The Balaban J connectivity index is 0.00000208. The number of anilines is 1. The van der Waals surface area contributed by atoms with Crippen molar-refractivity contribution in [2.24, 2.45) is 4.99 Å². The average Bonchev–Trinajstić information content (AvgIpc) is 2.93. The summed E-state index contributed by atoms with van der Waals surface area (Å²) in [6.45, 7) is 0.227. The van der Waals surface area contributed by atoms with E-state index in [1.165, 1.54) is 0 Å². The molecule has 3 rings (SSSR count). The van der Waals surface area contributed by atoms with E-state index in [0.29, 0.717) is 26.5 Å². The molecule has 0 spiro atoms. The summed E-state index contributed by atoms with van der Waals surface area (Å²) in [6, 6.07) is 11.3. The van der Waals surface area contributed by atoms with Gasteiger partial charge in [-0.2, -0.15) is 0 Å². The van der Waals surface area contributed by atoms with Gasteiger partial charge in [-0.05, 0) is 42.5 Å². The summed E-state index contributed by atoms with van der Waals surface area (Å²) in [4.78, 5) is 17.5. The van der Waals surface area contributed by atoms with Crippen LogP contribution in [0.3, 0.4) is 0 Å². The quantitative estimate of drug-likeness (QED) is 0.830. The van der Waals surface area contributed by atoms with Gasteiger partial charge < -0.3 is 10.0 Å². The number of halogens is 3. The molecule has 1 N–H and O–H groups in total. The van der Waals surface area contributed by atoms with Crippen molar-refractivity contribution in [1.82, 2.24) is 0 Å². The van der Waals surface area contributed by atoms with Crippen molar-refractivity contribution in [3.8, 4) is 0 Å². The molecule has 0 saturated heterocycles. The summed E-state index contributed by atoms with van der Waals surface area (Å²) in [5.74, 6) is -0.481. The molecule has 4 nitrogen and oxygen atoms in total. The van der Waals surface area contributed by atoms with Gasteiger partial charge in [0, 0.05) is 21.3 Å². The zero-order valence-electron chi connectivity index (χ0n) is 11.7. The second-order valence-electron chi connectivity index (χ2n) is 5.02. The van der Waals surface area contributed by atoms with Crippen LogP contribution < -0.4 is 4.90 Å². The number of nitrogens with zero attached hydrogens (tertiary/aromatic N) is 2. The number of aliphatic imine (C=N–C) groups is 1. The van der Waals surface area contributed by atoms with E-state index in [1.54, 1.807) is 30.3 Å². The number of aliphatic carboxylic acids is 1. The van der Waals surface area contributed by atoms with Crippen molar-refractivity contribution < 1.29 is 9.90 Å². The van der Waals surface area contributed by atoms with Crippen molar-refractivity contribution in [3.05, 3.63) is 63.1 Å². The van der Waals surface area contributed by atoms with Crippen LogP contribution in [0.4, 0.5) is 5.69 Å². The van der Waals surface area contributed by atoms with Crippen LogP contribution in [0.25, 0.3) is 0 Å². The number of benzene rings is 2. The molecule has 8 heteroatoms. The third-order valence-corrected chi connectivity index (χ3v) is 4.28. The van der Waals surface area contributed by atoms with Gasteiger partial charge in [-0.25, -0.2) is 4.79 Å². The molecular formula is C16H12Cl3LiN2O2. The first-order chi connectivity index (χ1) is 11.0. The number of carboxylic acid groups (broad SMARTS) is 1. The van der Waals surface area contributed by atoms with Crippen molar-refractivity contribution in [2.75, 3.05) is 11.4 Å². The number of carboxylic acids is 1. The Kier molecular flexibility index (Phi) is 6.25. The topological polar surface area (TPSA) is 52.9 Å². The summed E-state index contributed by atoms with van der Waals surface area (Å²) in [7, 11) is 0.